The average molecular weight is 281 g/mol. The third kappa shape index (κ3) is 3.08. The van der Waals surface area contributed by atoms with Crippen LogP contribution in [0.3, 0.4) is 0 Å². The van der Waals surface area contributed by atoms with E-state index in [0.29, 0.717) is 0 Å². The van der Waals surface area contributed by atoms with Crippen molar-refractivity contribution < 1.29 is 19.1 Å². The largest absolute Gasteiger partial charge is 0.430 e. The van der Waals surface area contributed by atoms with E-state index in [9.17, 15) is 9.59 Å². The second kappa shape index (κ2) is 4.72. The molecule has 0 amide bonds. The molecule has 0 aromatic rings. The molecule has 112 valence electrons. The van der Waals surface area contributed by atoms with Gasteiger partial charge in [-0.1, -0.05) is 6.58 Å². The lowest BCUT2D eigenvalue weighted by Gasteiger charge is -2.27. The minimum atomic E-state index is -0.916. The van der Waals surface area contributed by atoms with Crippen LogP contribution in [0.15, 0.2) is 17.3 Å². The monoisotopic (exact) mass is 281 g/mol. The number of aliphatic imine (C=N–C) groups is 1. The maximum absolute atomic E-state index is 11.9. The minimum Gasteiger partial charge on any atom is -0.430 e. The fraction of sp³-hybridized carbons (Fsp3) is 0.667. The molecule has 0 unspecified atom stereocenters. The first-order valence-corrected chi connectivity index (χ1v) is 6.53. The van der Waals surface area contributed by atoms with Crippen LogP contribution in [0.25, 0.3) is 0 Å². The summed E-state index contributed by atoms with van der Waals surface area (Å²) in [4.78, 5) is 27.8. The zero-order valence-electron chi connectivity index (χ0n) is 13.3. The van der Waals surface area contributed by atoms with Gasteiger partial charge in [-0.15, -0.1) is 0 Å². The maximum Gasteiger partial charge on any atom is 0.340 e. The number of nitrogens with zero attached hydrogens (tertiary/aromatic N) is 1. The van der Waals surface area contributed by atoms with Crippen molar-refractivity contribution in [2.75, 3.05) is 0 Å². The van der Waals surface area contributed by atoms with Gasteiger partial charge in [0.15, 0.2) is 5.54 Å². The van der Waals surface area contributed by atoms with Crippen molar-refractivity contribution in [2.24, 2.45) is 15.8 Å². The second-order valence-electron chi connectivity index (χ2n) is 7.05. The molecule has 1 aliphatic heterocycles. The Labute approximate surface area is 120 Å². The van der Waals surface area contributed by atoms with Crippen LogP contribution in [-0.2, 0) is 19.1 Å². The van der Waals surface area contributed by atoms with Crippen molar-refractivity contribution in [1.82, 2.24) is 0 Å². The van der Waals surface area contributed by atoms with Gasteiger partial charge in [0.05, 0.1) is 10.8 Å². The Morgan fingerprint density at radius 1 is 1.25 bits per heavy atom. The molecule has 0 saturated carbocycles. The van der Waals surface area contributed by atoms with Gasteiger partial charge < -0.3 is 9.47 Å². The van der Waals surface area contributed by atoms with Crippen LogP contribution in [0, 0.1) is 10.8 Å². The highest BCUT2D eigenvalue weighted by Gasteiger charge is 2.45. The molecule has 0 aliphatic carbocycles. The first-order chi connectivity index (χ1) is 8.78. The molecule has 0 radical (unpaired) electrons. The first-order valence-electron chi connectivity index (χ1n) is 6.53. The van der Waals surface area contributed by atoms with Crippen molar-refractivity contribution in [1.29, 1.82) is 0 Å². The summed E-state index contributed by atoms with van der Waals surface area (Å²) in [5.74, 6) is -0.379. The highest BCUT2D eigenvalue weighted by molar-refractivity contribution is 6.02. The van der Waals surface area contributed by atoms with Gasteiger partial charge in [-0.3, -0.25) is 4.79 Å². The molecule has 0 fully saturated rings. The summed E-state index contributed by atoms with van der Waals surface area (Å²) in [6, 6.07) is 0. The topological polar surface area (TPSA) is 65.0 Å². The molecule has 1 rings (SSSR count). The lowest BCUT2D eigenvalue weighted by molar-refractivity contribution is -0.149. The van der Waals surface area contributed by atoms with E-state index in [4.69, 9.17) is 9.47 Å². The number of rotatable bonds is 3. The van der Waals surface area contributed by atoms with Gasteiger partial charge in [-0.2, -0.15) is 0 Å². The highest BCUT2D eigenvalue weighted by Crippen LogP contribution is 2.35. The normalized spacial score (nSPS) is 18.4. The molecule has 5 heteroatoms. The summed E-state index contributed by atoms with van der Waals surface area (Å²) in [7, 11) is 0. The number of hydrogen-bond acceptors (Lipinski definition) is 5. The van der Waals surface area contributed by atoms with Gasteiger partial charge in [-0.05, 0) is 48.5 Å². The number of hydrogen-bond donors (Lipinski definition) is 0. The predicted molar refractivity (Wildman–Crippen MR) is 76.1 cm³/mol. The smallest absolute Gasteiger partial charge is 0.340 e. The van der Waals surface area contributed by atoms with Crippen LogP contribution in [0.1, 0.15) is 48.5 Å². The predicted octanol–water partition coefficient (Wildman–Crippen LogP) is 2.85. The van der Waals surface area contributed by atoms with Crippen LogP contribution in [0.4, 0.5) is 0 Å². The molecule has 0 aromatic carbocycles. The average Bonchev–Trinajstić information content (AvgIpc) is 2.52. The van der Waals surface area contributed by atoms with Crippen LogP contribution in [-0.4, -0.2) is 23.4 Å². The quantitative estimate of drug-likeness (QED) is 0.589. The van der Waals surface area contributed by atoms with E-state index in [0.717, 1.165) is 0 Å². The summed E-state index contributed by atoms with van der Waals surface area (Å²) < 4.78 is 10.5. The summed E-state index contributed by atoms with van der Waals surface area (Å²) in [6.45, 7) is 15.9. The Kier molecular flexibility index (Phi) is 3.87. The van der Waals surface area contributed by atoms with Crippen molar-refractivity contribution in [3.63, 3.8) is 0 Å². The van der Waals surface area contributed by atoms with Gasteiger partial charge in [0.2, 0.25) is 5.90 Å². The third-order valence-electron chi connectivity index (χ3n) is 3.13. The van der Waals surface area contributed by atoms with Crippen molar-refractivity contribution >= 4 is 17.8 Å². The number of esters is 2. The molecule has 0 aromatic heterocycles. The zero-order valence-corrected chi connectivity index (χ0v) is 13.3. The fourth-order valence-corrected chi connectivity index (χ4v) is 1.31. The van der Waals surface area contributed by atoms with E-state index < -0.39 is 22.3 Å². The van der Waals surface area contributed by atoms with Gasteiger partial charge in [0.1, 0.15) is 5.76 Å². The van der Waals surface area contributed by atoms with Gasteiger partial charge in [0, 0.05) is 0 Å². The van der Waals surface area contributed by atoms with E-state index in [2.05, 4.69) is 11.6 Å². The molecule has 20 heavy (non-hydrogen) atoms. The van der Waals surface area contributed by atoms with Crippen molar-refractivity contribution in [2.45, 2.75) is 54.0 Å². The van der Waals surface area contributed by atoms with Gasteiger partial charge >= 0.3 is 11.9 Å². The zero-order chi connectivity index (χ0) is 15.9. The number of ether oxygens (including phenoxy) is 2. The SMILES string of the molecule is C=C(OC(=O)C(C)(C)C)C(C)(C)C1=NC(C)(C)C(=O)O1. The molecule has 0 N–H and O–H groups in total. The third-order valence-corrected chi connectivity index (χ3v) is 3.13. The van der Waals surface area contributed by atoms with E-state index in [1.807, 2.05) is 0 Å². The Morgan fingerprint density at radius 3 is 2.10 bits per heavy atom. The number of cyclic esters (lactones) is 1. The lowest BCUT2D eigenvalue weighted by Crippen LogP contribution is -2.32. The van der Waals surface area contributed by atoms with Crippen molar-refractivity contribution in [3.05, 3.63) is 12.3 Å². The molecular formula is C15H23NO4. The Balaban J connectivity index is 2.93. The standard InChI is InChI=1S/C15H23NO4/c1-9(19-11(17)13(2,3)4)14(5,6)10-16-15(7,8)12(18)20-10/h1H2,2-8H3. The Hall–Kier alpha value is -1.65. The highest BCUT2D eigenvalue weighted by atomic mass is 16.6. The molecule has 1 heterocycles. The fourth-order valence-electron chi connectivity index (χ4n) is 1.31. The molecule has 5 nitrogen and oxygen atoms in total. The van der Waals surface area contributed by atoms with Crippen molar-refractivity contribution in [3.8, 4) is 0 Å². The van der Waals surface area contributed by atoms with E-state index in [1.54, 1.807) is 48.5 Å². The van der Waals surface area contributed by atoms with Crippen LogP contribution < -0.4 is 0 Å². The maximum atomic E-state index is 11.9. The summed E-state index contributed by atoms with van der Waals surface area (Å²) in [6.07, 6.45) is 0. The molecular weight excluding hydrogens is 258 g/mol. The minimum absolute atomic E-state index is 0.210. The molecule has 1 aliphatic rings. The van der Waals surface area contributed by atoms with Gasteiger partial charge in [-0.25, -0.2) is 9.79 Å². The van der Waals surface area contributed by atoms with E-state index >= 15 is 0 Å². The number of carbonyl (C=O) groups excluding carboxylic acids is 2. The van der Waals surface area contributed by atoms with E-state index in [-0.39, 0.29) is 17.6 Å². The Morgan fingerprint density at radius 2 is 1.75 bits per heavy atom. The first kappa shape index (κ1) is 16.4. The van der Waals surface area contributed by atoms with Gasteiger partial charge in [0.25, 0.3) is 0 Å². The molecule has 0 saturated heterocycles. The molecule has 0 bridgehead atoms. The summed E-state index contributed by atoms with van der Waals surface area (Å²) in [5.41, 5.74) is -2.41. The van der Waals surface area contributed by atoms with Crippen LogP contribution >= 0.6 is 0 Å². The second-order valence-corrected chi connectivity index (χ2v) is 7.05. The molecule has 0 atom stereocenters. The summed E-state index contributed by atoms with van der Waals surface area (Å²) in [5, 5.41) is 0. The number of carbonyl (C=O) groups is 2. The summed E-state index contributed by atoms with van der Waals surface area (Å²) >= 11 is 0. The molecule has 0 spiro atoms. The van der Waals surface area contributed by atoms with E-state index in [1.165, 1.54) is 0 Å². The van der Waals surface area contributed by atoms with Crippen LogP contribution in [0.2, 0.25) is 0 Å². The van der Waals surface area contributed by atoms with Crippen LogP contribution in [0.5, 0.6) is 0 Å². The Bertz CT molecular complexity index is 492. The lowest BCUT2D eigenvalue weighted by atomic mass is 9.90.